The first kappa shape index (κ1) is 13.4. The first-order valence-corrected chi connectivity index (χ1v) is 8.35. The molecule has 2 aromatic rings. The molecular formula is C14H14BrClN2S. The molecule has 1 aliphatic rings. The largest absolute Gasteiger partial charge is 0.389 e. The van der Waals surface area contributed by atoms with Crippen LogP contribution in [0.25, 0.3) is 11.3 Å². The molecule has 0 unspecified atom stereocenters. The molecule has 1 aliphatic carbocycles. The number of thiazole rings is 1. The molecule has 19 heavy (non-hydrogen) atoms. The summed E-state index contributed by atoms with van der Waals surface area (Å²) in [4.78, 5) is 4.75. The van der Waals surface area contributed by atoms with E-state index in [1.165, 1.54) is 30.7 Å². The number of anilines is 1. The van der Waals surface area contributed by atoms with Crippen LogP contribution in [0.4, 0.5) is 5.00 Å². The van der Waals surface area contributed by atoms with Crippen LogP contribution in [0, 0.1) is 0 Å². The lowest BCUT2D eigenvalue weighted by Crippen LogP contribution is -1.91. The van der Waals surface area contributed by atoms with E-state index in [1.54, 1.807) is 11.3 Å². The summed E-state index contributed by atoms with van der Waals surface area (Å²) < 4.78 is 0.988. The fraction of sp³-hybridized carbons (Fsp3) is 0.357. The highest BCUT2D eigenvalue weighted by Crippen LogP contribution is 2.42. The van der Waals surface area contributed by atoms with Gasteiger partial charge in [-0.05, 0) is 31.0 Å². The molecule has 1 aromatic heterocycles. The second-order valence-corrected chi connectivity index (χ2v) is 7.26. The second-order valence-electron chi connectivity index (χ2n) is 4.87. The van der Waals surface area contributed by atoms with Gasteiger partial charge in [0.05, 0.1) is 10.0 Å². The van der Waals surface area contributed by atoms with Crippen LogP contribution < -0.4 is 5.73 Å². The molecule has 0 radical (unpaired) electrons. The summed E-state index contributed by atoms with van der Waals surface area (Å²) in [7, 11) is 0. The number of rotatable bonds is 2. The minimum absolute atomic E-state index is 0.590. The van der Waals surface area contributed by atoms with Crippen molar-refractivity contribution < 1.29 is 0 Å². The summed E-state index contributed by atoms with van der Waals surface area (Å²) in [6, 6.07) is 5.77. The van der Waals surface area contributed by atoms with Crippen LogP contribution in [0.5, 0.6) is 0 Å². The van der Waals surface area contributed by atoms with Gasteiger partial charge in [0, 0.05) is 16.0 Å². The van der Waals surface area contributed by atoms with E-state index in [-0.39, 0.29) is 0 Å². The van der Waals surface area contributed by atoms with Crippen molar-refractivity contribution in [1.29, 1.82) is 0 Å². The number of benzene rings is 1. The number of nitrogens with two attached hydrogens (primary N) is 1. The van der Waals surface area contributed by atoms with Crippen LogP contribution in [0.15, 0.2) is 22.7 Å². The molecule has 5 heteroatoms. The molecule has 0 saturated heterocycles. The van der Waals surface area contributed by atoms with Gasteiger partial charge in [-0.3, -0.25) is 0 Å². The van der Waals surface area contributed by atoms with E-state index < -0.39 is 0 Å². The number of halogens is 2. The predicted molar refractivity (Wildman–Crippen MR) is 85.9 cm³/mol. The Bertz CT molecular complexity index is 605. The molecule has 0 spiro atoms. The number of nitrogens with zero attached hydrogens (tertiary/aromatic N) is 1. The number of aromatic nitrogens is 1. The zero-order valence-electron chi connectivity index (χ0n) is 10.3. The molecule has 3 rings (SSSR count). The molecule has 1 heterocycles. The number of hydrogen-bond acceptors (Lipinski definition) is 3. The maximum Gasteiger partial charge on any atom is 0.114 e. The monoisotopic (exact) mass is 356 g/mol. The van der Waals surface area contributed by atoms with E-state index in [2.05, 4.69) is 15.9 Å². The standard InChI is InChI=1S/C14H14BrClN2S/c15-9-5-6-11(16)10(7-9)12-13(17)19-14(18-12)8-3-1-2-4-8/h5-8H,1-4,17H2. The van der Waals surface area contributed by atoms with Crippen molar-refractivity contribution in [3.63, 3.8) is 0 Å². The first-order chi connectivity index (χ1) is 9.15. The normalized spacial score (nSPS) is 16.1. The Balaban J connectivity index is 2.02. The van der Waals surface area contributed by atoms with Crippen molar-refractivity contribution in [1.82, 2.24) is 4.98 Å². The zero-order valence-corrected chi connectivity index (χ0v) is 13.5. The summed E-state index contributed by atoms with van der Waals surface area (Å²) in [6.07, 6.45) is 5.07. The van der Waals surface area contributed by atoms with Gasteiger partial charge in [0.15, 0.2) is 0 Å². The van der Waals surface area contributed by atoms with E-state index in [9.17, 15) is 0 Å². The third kappa shape index (κ3) is 2.67. The van der Waals surface area contributed by atoms with Gasteiger partial charge in [-0.15, -0.1) is 11.3 Å². The van der Waals surface area contributed by atoms with Crippen LogP contribution in [-0.2, 0) is 0 Å². The van der Waals surface area contributed by atoms with Crippen molar-refractivity contribution >= 4 is 43.9 Å². The van der Waals surface area contributed by atoms with E-state index >= 15 is 0 Å². The van der Waals surface area contributed by atoms with Crippen molar-refractivity contribution in [3.05, 3.63) is 32.7 Å². The molecule has 2 N–H and O–H groups in total. The van der Waals surface area contributed by atoms with E-state index in [1.807, 2.05) is 18.2 Å². The van der Waals surface area contributed by atoms with Gasteiger partial charge < -0.3 is 5.73 Å². The Hall–Kier alpha value is -0.580. The van der Waals surface area contributed by atoms with E-state index in [4.69, 9.17) is 22.3 Å². The molecular weight excluding hydrogens is 344 g/mol. The van der Waals surface area contributed by atoms with Crippen LogP contribution in [0.1, 0.15) is 36.6 Å². The predicted octanol–water partition coefficient (Wildman–Crippen LogP) is 5.47. The van der Waals surface area contributed by atoms with Gasteiger partial charge in [0.1, 0.15) is 10.7 Å². The Kier molecular flexibility index (Phi) is 3.83. The summed E-state index contributed by atoms with van der Waals surface area (Å²) in [6.45, 7) is 0. The zero-order chi connectivity index (χ0) is 13.4. The molecule has 1 aromatic carbocycles. The van der Waals surface area contributed by atoms with Gasteiger partial charge in [-0.1, -0.05) is 40.4 Å². The summed E-state index contributed by atoms with van der Waals surface area (Å²) in [5.41, 5.74) is 7.88. The topological polar surface area (TPSA) is 38.9 Å². The third-order valence-electron chi connectivity index (χ3n) is 3.56. The highest BCUT2D eigenvalue weighted by atomic mass is 79.9. The van der Waals surface area contributed by atoms with Crippen molar-refractivity contribution in [2.75, 3.05) is 5.73 Å². The lowest BCUT2D eigenvalue weighted by atomic mass is 10.1. The average molecular weight is 358 g/mol. The molecule has 0 bridgehead atoms. The Morgan fingerprint density at radius 3 is 2.79 bits per heavy atom. The Morgan fingerprint density at radius 2 is 2.05 bits per heavy atom. The Morgan fingerprint density at radius 1 is 1.32 bits per heavy atom. The van der Waals surface area contributed by atoms with Crippen molar-refractivity contribution in [3.8, 4) is 11.3 Å². The lowest BCUT2D eigenvalue weighted by Gasteiger charge is -2.04. The first-order valence-electron chi connectivity index (χ1n) is 6.37. The maximum atomic E-state index is 6.26. The van der Waals surface area contributed by atoms with Crippen molar-refractivity contribution in [2.45, 2.75) is 31.6 Å². The molecule has 2 nitrogen and oxygen atoms in total. The van der Waals surface area contributed by atoms with Gasteiger partial charge >= 0.3 is 0 Å². The highest BCUT2D eigenvalue weighted by molar-refractivity contribution is 9.10. The maximum absolute atomic E-state index is 6.26. The minimum atomic E-state index is 0.590. The molecule has 0 amide bonds. The summed E-state index contributed by atoms with van der Waals surface area (Å²) >= 11 is 11.3. The highest BCUT2D eigenvalue weighted by Gasteiger charge is 2.23. The summed E-state index contributed by atoms with van der Waals surface area (Å²) in [5.74, 6) is 0.590. The van der Waals surface area contributed by atoms with Crippen LogP contribution in [0.3, 0.4) is 0 Å². The molecule has 0 aliphatic heterocycles. The summed E-state index contributed by atoms with van der Waals surface area (Å²) in [5, 5.41) is 2.63. The molecule has 1 saturated carbocycles. The fourth-order valence-corrected chi connectivity index (χ4v) is 4.15. The number of nitrogen functional groups attached to an aromatic ring is 1. The molecule has 0 atom stereocenters. The van der Waals surface area contributed by atoms with Gasteiger partial charge in [0.2, 0.25) is 0 Å². The van der Waals surface area contributed by atoms with E-state index in [0.717, 1.165) is 20.7 Å². The van der Waals surface area contributed by atoms with Crippen molar-refractivity contribution in [2.24, 2.45) is 0 Å². The lowest BCUT2D eigenvalue weighted by molar-refractivity contribution is 0.717. The van der Waals surface area contributed by atoms with Crippen LogP contribution in [-0.4, -0.2) is 4.98 Å². The SMILES string of the molecule is Nc1sc(C2CCCC2)nc1-c1cc(Br)ccc1Cl. The fourth-order valence-electron chi connectivity index (χ4n) is 2.57. The smallest absolute Gasteiger partial charge is 0.114 e. The number of hydrogen-bond donors (Lipinski definition) is 1. The van der Waals surface area contributed by atoms with Gasteiger partial charge in [-0.2, -0.15) is 0 Å². The van der Waals surface area contributed by atoms with Crippen LogP contribution in [0.2, 0.25) is 5.02 Å². The van der Waals surface area contributed by atoms with Gasteiger partial charge in [0.25, 0.3) is 0 Å². The van der Waals surface area contributed by atoms with Gasteiger partial charge in [-0.25, -0.2) is 4.98 Å². The Labute approximate surface area is 130 Å². The molecule has 1 fully saturated rings. The van der Waals surface area contributed by atoms with Crippen LogP contribution >= 0.6 is 38.9 Å². The second kappa shape index (κ2) is 5.43. The minimum Gasteiger partial charge on any atom is -0.389 e. The van der Waals surface area contributed by atoms with E-state index in [0.29, 0.717) is 10.9 Å². The molecule has 100 valence electrons. The quantitative estimate of drug-likeness (QED) is 0.774. The third-order valence-corrected chi connectivity index (χ3v) is 5.43. The average Bonchev–Trinajstić information content (AvgIpc) is 3.01.